The van der Waals surface area contributed by atoms with E-state index >= 15 is 0 Å². The molecular weight excluding hydrogens is 179 g/mol. The first kappa shape index (κ1) is 10.7. The van der Waals surface area contributed by atoms with Gasteiger partial charge in [-0.1, -0.05) is 6.92 Å². The molecule has 1 rings (SSSR count). The Morgan fingerprint density at radius 3 is 2.79 bits per heavy atom. The Balaban J connectivity index is 2.94. The average molecular weight is 192 g/mol. The zero-order valence-electron chi connectivity index (χ0n) is 8.42. The van der Waals surface area contributed by atoms with Gasteiger partial charge in [0.1, 0.15) is 5.82 Å². The van der Waals surface area contributed by atoms with Crippen molar-refractivity contribution in [2.75, 3.05) is 13.6 Å². The molecule has 0 heterocycles. The lowest BCUT2D eigenvalue weighted by atomic mass is 10.1. The number of nitrogens with zero attached hydrogens (tertiary/aromatic N) is 2. The van der Waals surface area contributed by atoms with Crippen LogP contribution in [0.3, 0.4) is 0 Å². The van der Waals surface area contributed by atoms with E-state index < -0.39 is 0 Å². The summed E-state index contributed by atoms with van der Waals surface area (Å²) in [6, 6.07) is 6.32. The largest absolute Gasteiger partial charge is 0.302 e. The lowest BCUT2D eigenvalue weighted by Gasteiger charge is -2.14. The Kier molecular flexibility index (Phi) is 3.61. The van der Waals surface area contributed by atoms with Gasteiger partial charge in [-0.05, 0) is 37.4 Å². The normalized spacial score (nSPS) is 10.2. The minimum atomic E-state index is -0.288. The summed E-state index contributed by atoms with van der Waals surface area (Å²) < 4.78 is 12.9. The van der Waals surface area contributed by atoms with Crippen molar-refractivity contribution in [1.82, 2.24) is 4.90 Å². The molecule has 0 unspecified atom stereocenters. The van der Waals surface area contributed by atoms with Crippen molar-refractivity contribution < 1.29 is 4.39 Å². The fourth-order valence-corrected chi connectivity index (χ4v) is 1.20. The third-order valence-corrected chi connectivity index (χ3v) is 2.17. The van der Waals surface area contributed by atoms with Crippen LogP contribution in [0.15, 0.2) is 18.2 Å². The molecule has 0 bridgehead atoms. The molecule has 3 heteroatoms. The Morgan fingerprint density at radius 1 is 1.50 bits per heavy atom. The number of halogens is 1. The van der Waals surface area contributed by atoms with Crippen molar-refractivity contribution in [3.63, 3.8) is 0 Å². The average Bonchev–Trinajstić information content (AvgIpc) is 2.18. The summed E-state index contributed by atoms with van der Waals surface area (Å²) in [4.78, 5) is 2.02. The Hall–Kier alpha value is -1.40. The molecular formula is C11H13FN2. The SMILES string of the molecule is CCN(C)Cc1cc(F)ccc1C#N. The second kappa shape index (κ2) is 4.73. The van der Waals surface area contributed by atoms with Gasteiger partial charge < -0.3 is 4.90 Å². The van der Waals surface area contributed by atoms with Crippen LogP contribution in [-0.2, 0) is 6.54 Å². The maximum atomic E-state index is 12.9. The van der Waals surface area contributed by atoms with E-state index in [2.05, 4.69) is 6.07 Å². The second-order valence-electron chi connectivity index (χ2n) is 3.24. The fraction of sp³-hybridized carbons (Fsp3) is 0.364. The third kappa shape index (κ3) is 2.54. The molecule has 0 saturated heterocycles. The van der Waals surface area contributed by atoms with Gasteiger partial charge in [-0.15, -0.1) is 0 Å². The minimum absolute atomic E-state index is 0.288. The molecule has 0 aliphatic carbocycles. The molecule has 0 radical (unpaired) electrons. The van der Waals surface area contributed by atoms with E-state index in [4.69, 9.17) is 5.26 Å². The summed E-state index contributed by atoms with van der Waals surface area (Å²) in [5.74, 6) is -0.288. The molecule has 0 aliphatic rings. The van der Waals surface area contributed by atoms with Gasteiger partial charge in [-0.3, -0.25) is 0 Å². The molecule has 1 aromatic carbocycles. The molecule has 0 saturated carbocycles. The molecule has 74 valence electrons. The van der Waals surface area contributed by atoms with Crippen LogP contribution < -0.4 is 0 Å². The van der Waals surface area contributed by atoms with Gasteiger partial charge in [-0.2, -0.15) is 5.26 Å². The van der Waals surface area contributed by atoms with Crippen molar-refractivity contribution in [1.29, 1.82) is 5.26 Å². The molecule has 2 nitrogen and oxygen atoms in total. The van der Waals surface area contributed by atoms with E-state index in [-0.39, 0.29) is 5.82 Å². The van der Waals surface area contributed by atoms with E-state index in [1.165, 1.54) is 18.2 Å². The smallest absolute Gasteiger partial charge is 0.123 e. The first-order valence-corrected chi connectivity index (χ1v) is 4.54. The van der Waals surface area contributed by atoms with Crippen LogP contribution in [0.2, 0.25) is 0 Å². The van der Waals surface area contributed by atoms with Crippen molar-refractivity contribution in [2.24, 2.45) is 0 Å². The Labute approximate surface area is 83.6 Å². The molecule has 1 aromatic rings. The molecule has 0 aromatic heterocycles. The zero-order valence-corrected chi connectivity index (χ0v) is 8.42. The van der Waals surface area contributed by atoms with Gasteiger partial charge in [-0.25, -0.2) is 4.39 Å². The molecule has 0 N–H and O–H groups in total. The van der Waals surface area contributed by atoms with E-state index in [1.54, 1.807) is 0 Å². The van der Waals surface area contributed by atoms with Crippen LogP contribution in [0.4, 0.5) is 4.39 Å². The van der Waals surface area contributed by atoms with Crippen LogP contribution in [-0.4, -0.2) is 18.5 Å². The molecule has 0 atom stereocenters. The van der Waals surface area contributed by atoms with Crippen molar-refractivity contribution in [3.8, 4) is 6.07 Å². The number of benzene rings is 1. The highest BCUT2D eigenvalue weighted by atomic mass is 19.1. The summed E-state index contributed by atoms with van der Waals surface area (Å²) in [7, 11) is 1.94. The Morgan fingerprint density at radius 2 is 2.21 bits per heavy atom. The number of hydrogen-bond acceptors (Lipinski definition) is 2. The number of rotatable bonds is 3. The summed E-state index contributed by atoms with van der Waals surface area (Å²) in [5, 5.41) is 8.80. The highest BCUT2D eigenvalue weighted by Crippen LogP contribution is 2.12. The summed E-state index contributed by atoms with van der Waals surface area (Å²) >= 11 is 0. The topological polar surface area (TPSA) is 27.0 Å². The van der Waals surface area contributed by atoms with Crippen LogP contribution in [0.25, 0.3) is 0 Å². The van der Waals surface area contributed by atoms with Gasteiger partial charge in [0.15, 0.2) is 0 Å². The highest BCUT2D eigenvalue weighted by Gasteiger charge is 2.05. The molecule has 0 spiro atoms. The van der Waals surface area contributed by atoms with Gasteiger partial charge in [0.2, 0.25) is 0 Å². The lowest BCUT2D eigenvalue weighted by Crippen LogP contribution is -2.17. The summed E-state index contributed by atoms with van der Waals surface area (Å²) in [5.41, 5.74) is 1.29. The first-order valence-electron chi connectivity index (χ1n) is 4.54. The maximum absolute atomic E-state index is 12.9. The van der Waals surface area contributed by atoms with Gasteiger partial charge in [0, 0.05) is 6.54 Å². The minimum Gasteiger partial charge on any atom is -0.302 e. The monoisotopic (exact) mass is 192 g/mol. The zero-order chi connectivity index (χ0) is 10.6. The van der Waals surface area contributed by atoms with Crippen molar-refractivity contribution in [2.45, 2.75) is 13.5 Å². The van der Waals surface area contributed by atoms with Crippen LogP contribution in [0, 0.1) is 17.1 Å². The Bertz CT molecular complexity index is 355. The van der Waals surface area contributed by atoms with Crippen molar-refractivity contribution in [3.05, 3.63) is 35.1 Å². The number of nitriles is 1. The molecule has 0 aliphatic heterocycles. The van der Waals surface area contributed by atoms with Gasteiger partial charge >= 0.3 is 0 Å². The third-order valence-electron chi connectivity index (χ3n) is 2.17. The van der Waals surface area contributed by atoms with Gasteiger partial charge in [0.25, 0.3) is 0 Å². The molecule has 14 heavy (non-hydrogen) atoms. The van der Waals surface area contributed by atoms with Crippen LogP contribution >= 0.6 is 0 Å². The molecule has 0 fully saturated rings. The lowest BCUT2D eigenvalue weighted by molar-refractivity contribution is 0.345. The molecule has 0 amide bonds. The second-order valence-corrected chi connectivity index (χ2v) is 3.24. The quantitative estimate of drug-likeness (QED) is 0.733. The van der Waals surface area contributed by atoms with Crippen LogP contribution in [0.5, 0.6) is 0 Å². The first-order chi connectivity index (χ1) is 6.67. The van der Waals surface area contributed by atoms with E-state index in [9.17, 15) is 4.39 Å². The maximum Gasteiger partial charge on any atom is 0.123 e. The van der Waals surface area contributed by atoms with E-state index in [0.717, 1.165) is 12.1 Å². The number of hydrogen-bond donors (Lipinski definition) is 0. The predicted octanol–water partition coefficient (Wildman–Crippen LogP) is 2.15. The summed E-state index contributed by atoms with van der Waals surface area (Å²) in [6.07, 6.45) is 0. The van der Waals surface area contributed by atoms with E-state index in [0.29, 0.717) is 12.1 Å². The fourth-order valence-electron chi connectivity index (χ4n) is 1.20. The van der Waals surface area contributed by atoms with Crippen molar-refractivity contribution >= 4 is 0 Å². The van der Waals surface area contributed by atoms with Gasteiger partial charge in [0.05, 0.1) is 11.6 Å². The summed E-state index contributed by atoms with van der Waals surface area (Å²) in [6.45, 7) is 3.50. The highest BCUT2D eigenvalue weighted by molar-refractivity contribution is 5.37. The van der Waals surface area contributed by atoms with Crippen LogP contribution in [0.1, 0.15) is 18.1 Å². The predicted molar refractivity (Wildman–Crippen MR) is 53.1 cm³/mol. The standard InChI is InChI=1S/C11H13FN2/c1-3-14(2)8-10-6-11(12)5-4-9(10)7-13/h4-6H,3,8H2,1-2H3. The van der Waals surface area contributed by atoms with E-state index in [1.807, 2.05) is 18.9 Å².